The van der Waals surface area contributed by atoms with Gasteiger partial charge in [-0.2, -0.15) is 0 Å². The molecule has 0 saturated heterocycles. The molecule has 0 radical (unpaired) electrons. The molecule has 7 heteroatoms. The number of pyridine rings is 1. The largest absolute Gasteiger partial charge is 0.367 e. The van der Waals surface area contributed by atoms with Crippen molar-refractivity contribution < 1.29 is 4.79 Å². The summed E-state index contributed by atoms with van der Waals surface area (Å²) in [4.78, 5) is 16.4. The number of aromatic nitrogens is 3. The third kappa shape index (κ3) is 5.26. The second kappa shape index (κ2) is 8.94. The van der Waals surface area contributed by atoms with Crippen molar-refractivity contribution in [2.24, 2.45) is 0 Å². The quantitative estimate of drug-likeness (QED) is 0.548. The summed E-state index contributed by atoms with van der Waals surface area (Å²) in [6.45, 7) is 7.07. The van der Waals surface area contributed by atoms with Gasteiger partial charge in [0.25, 0.3) is 5.91 Å². The van der Waals surface area contributed by atoms with Gasteiger partial charge in [-0.3, -0.25) is 4.79 Å². The summed E-state index contributed by atoms with van der Waals surface area (Å²) >= 11 is 0. The first-order chi connectivity index (χ1) is 13.5. The topological polar surface area (TPSA) is 91.8 Å². The summed E-state index contributed by atoms with van der Waals surface area (Å²) in [7, 11) is 0. The van der Waals surface area contributed by atoms with Gasteiger partial charge in [0.05, 0.1) is 0 Å². The van der Waals surface area contributed by atoms with Gasteiger partial charge in [0.2, 0.25) is 0 Å². The normalized spacial score (nSPS) is 10.4. The van der Waals surface area contributed by atoms with Crippen LogP contribution in [0.1, 0.15) is 27.0 Å². The van der Waals surface area contributed by atoms with E-state index < -0.39 is 0 Å². The van der Waals surface area contributed by atoms with Crippen molar-refractivity contribution in [1.82, 2.24) is 20.5 Å². The lowest BCUT2D eigenvalue weighted by Gasteiger charge is -2.09. The zero-order valence-corrected chi connectivity index (χ0v) is 16.3. The van der Waals surface area contributed by atoms with Crippen molar-refractivity contribution in [1.29, 1.82) is 0 Å². The van der Waals surface area contributed by atoms with E-state index in [4.69, 9.17) is 0 Å². The van der Waals surface area contributed by atoms with Crippen molar-refractivity contribution in [3.05, 3.63) is 70.9 Å². The van der Waals surface area contributed by atoms with Crippen molar-refractivity contribution >= 4 is 23.4 Å². The molecule has 7 nitrogen and oxygen atoms in total. The first-order valence-corrected chi connectivity index (χ1v) is 9.14. The average molecular weight is 376 g/mol. The number of nitrogens with zero attached hydrogens (tertiary/aromatic N) is 3. The molecule has 0 unspecified atom stereocenters. The number of benzene rings is 1. The molecule has 144 valence electrons. The van der Waals surface area contributed by atoms with Gasteiger partial charge in [-0.15, -0.1) is 10.2 Å². The molecule has 0 aliphatic rings. The van der Waals surface area contributed by atoms with Gasteiger partial charge in [-0.25, -0.2) is 4.98 Å². The molecule has 0 aliphatic carbocycles. The van der Waals surface area contributed by atoms with Crippen LogP contribution in [-0.2, 0) is 0 Å². The van der Waals surface area contributed by atoms with Crippen LogP contribution in [0.5, 0.6) is 0 Å². The lowest BCUT2D eigenvalue weighted by molar-refractivity contribution is 0.0955. The van der Waals surface area contributed by atoms with Crippen LogP contribution >= 0.6 is 0 Å². The van der Waals surface area contributed by atoms with E-state index in [1.807, 2.05) is 63.2 Å². The highest BCUT2D eigenvalue weighted by atomic mass is 16.1. The Kier molecular flexibility index (Phi) is 6.16. The fourth-order valence-electron chi connectivity index (χ4n) is 2.58. The lowest BCUT2D eigenvalue weighted by Crippen LogP contribution is -2.29. The lowest BCUT2D eigenvalue weighted by atomic mass is 10.1. The van der Waals surface area contributed by atoms with Crippen LogP contribution in [0.2, 0.25) is 0 Å². The summed E-state index contributed by atoms with van der Waals surface area (Å²) in [5.74, 6) is 1.90. The molecule has 3 rings (SSSR count). The molecule has 0 spiro atoms. The number of carbonyl (C=O) groups is 1. The number of hydrogen-bond donors (Lipinski definition) is 3. The third-order valence-corrected chi connectivity index (χ3v) is 4.32. The van der Waals surface area contributed by atoms with E-state index in [2.05, 4.69) is 31.1 Å². The fraction of sp³-hybridized carbons (Fsp3) is 0.238. The molecule has 0 bridgehead atoms. The first kappa shape index (κ1) is 19.3. The molecule has 1 amide bonds. The van der Waals surface area contributed by atoms with Crippen molar-refractivity contribution in [2.45, 2.75) is 20.8 Å². The van der Waals surface area contributed by atoms with E-state index in [1.54, 1.807) is 6.20 Å². The molecular formula is C21H24N6O. The number of nitrogens with one attached hydrogen (secondary N) is 3. The highest BCUT2D eigenvalue weighted by molar-refractivity contribution is 5.94. The minimum Gasteiger partial charge on any atom is -0.367 e. The molecule has 28 heavy (non-hydrogen) atoms. The predicted molar refractivity (Wildman–Crippen MR) is 111 cm³/mol. The van der Waals surface area contributed by atoms with Crippen LogP contribution < -0.4 is 16.0 Å². The van der Waals surface area contributed by atoms with Crippen molar-refractivity contribution in [2.75, 3.05) is 23.7 Å². The predicted octanol–water partition coefficient (Wildman–Crippen LogP) is 3.38. The van der Waals surface area contributed by atoms with Gasteiger partial charge in [0, 0.05) is 24.8 Å². The first-order valence-electron chi connectivity index (χ1n) is 9.14. The molecule has 0 fully saturated rings. The molecule has 0 atom stereocenters. The summed E-state index contributed by atoms with van der Waals surface area (Å²) in [6.07, 6.45) is 1.74. The van der Waals surface area contributed by atoms with Crippen LogP contribution in [0.3, 0.4) is 0 Å². The summed E-state index contributed by atoms with van der Waals surface area (Å²) in [6, 6.07) is 13.2. The maximum Gasteiger partial charge on any atom is 0.251 e. The van der Waals surface area contributed by atoms with E-state index in [0.717, 1.165) is 16.9 Å². The highest BCUT2D eigenvalue weighted by Crippen LogP contribution is 2.13. The molecule has 3 aromatic rings. The number of hydrogen-bond acceptors (Lipinski definition) is 6. The number of anilines is 3. The Morgan fingerprint density at radius 2 is 1.64 bits per heavy atom. The maximum absolute atomic E-state index is 12.2. The smallest absolute Gasteiger partial charge is 0.251 e. The molecule has 2 aromatic heterocycles. The van der Waals surface area contributed by atoms with Crippen molar-refractivity contribution in [3.8, 4) is 0 Å². The van der Waals surface area contributed by atoms with Gasteiger partial charge in [-0.05, 0) is 73.9 Å². The third-order valence-electron chi connectivity index (χ3n) is 4.32. The Balaban J connectivity index is 1.44. The van der Waals surface area contributed by atoms with Gasteiger partial charge >= 0.3 is 0 Å². The standard InChI is InChI=1S/C21H24N6O/c1-14-8-9-22-20(12-14)25-19-7-6-18(26-27-19)23-10-11-24-21(28)17-5-4-15(2)16(3)13-17/h4-9,12-13H,10-11H2,1-3H3,(H,23,26)(H,24,28)(H,22,25,27). The molecular weight excluding hydrogens is 352 g/mol. The zero-order valence-electron chi connectivity index (χ0n) is 16.3. The van der Waals surface area contributed by atoms with Crippen LogP contribution in [0.25, 0.3) is 0 Å². The Hall–Kier alpha value is -3.48. The number of rotatable bonds is 7. The van der Waals surface area contributed by atoms with Crippen LogP contribution in [0, 0.1) is 20.8 Å². The Bertz CT molecular complexity index is 955. The summed E-state index contributed by atoms with van der Waals surface area (Å²) in [5, 5.41) is 17.4. The Morgan fingerprint density at radius 1 is 0.857 bits per heavy atom. The zero-order chi connectivity index (χ0) is 19.9. The number of carbonyl (C=O) groups excluding carboxylic acids is 1. The maximum atomic E-state index is 12.2. The molecule has 3 N–H and O–H groups in total. The average Bonchev–Trinajstić information content (AvgIpc) is 2.68. The molecule has 0 aliphatic heterocycles. The molecule has 2 heterocycles. The van der Waals surface area contributed by atoms with Crippen LogP contribution in [0.15, 0.2) is 48.7 Å². The van der Waals surface area contributed by atoms with Crippen LogP contribution in [0.4, 0.5) is 17.5 Å². The van der Waals surface area contributed by atoms with E-state index in [0.29, 0.717) is 30.3 Å². The molecule has 0 saturated carbocycles. The van der Waals surface area contributed by atoms with Gasteiger partial charge < -0.3 is 16.0 Å². The molecule has 1 aromatic carbocycles. The summed E-state index contributed by atoms with van der Waals surface area (Å²) < 4.78 is 0. The monoisotopic (exact) mass is 376 g/mol. The van der Waals surface area contributed by atoms with Crippen molar-refractivity contribution in [3.63, 3.8) is 0 Å². The Morgan fingerprint density at radius 3 is 2.36 bits per heavy atom. The number of amides is 1. The summed E-state index contributed by atoms with van der Waals surface area (Å²) in [5.41, 5.74) is 4.07. The fourth-order valence-corrected chi connectivity index (χ4v) is 2.58. The van der Waals surface area contributed by atoms with E-state index in [1.165, 1.54) is 5.56 Å². The van der Waals surface area contributed by atoms with Gasteiger partial charge in [0.1, 0.15) is 11.6 Å². The van der Waals surface area contributed by atoms with Gasteiger partial charge in [-0.1, -0.05) is 6.07 Å². The minimum atomic E-state index is -0.0822. The second-order valence-electron chi connectivity index (χ2n) is 6.63. The Labute approximate surface area is 164 Å². The van der Waals surface area contributed by atoms with E-state index >= 15 is 0 Å². The number of aryl methyl sites for hydroxylation is 3. The van der Waals surface area contributed by atoms with E-state index in [9.17, 15) is 4.79 Å². The van der Waals surface area contributed by atoms with E-state index in [-0.39, 0.29) is 5.91 Å². The van der Waals surface area contributed by atoms with Crippen LogP contribution in [-0.4, -0.2) is 34.2 Å². The SMILES string of the molecule is Cc1ccnc(Nc2ccc(NCCNC(=O)c3ccc(C)c(C)c3)nn2)c1. The second-order valence-corrected chi connectivity index (χ2v) is 6.63. The highest BCUT2D eigenvalue weighted by Gasteiger charge is 2.06. The minimum absolute atomic E-state index is 0.0822. The van der Waals surface area contributed by atoms with Gasteiger partial charge in [0.15, 0.2) is 5.82 Å².